The molecule has 0 spiro atoms. The normalized spacial score (nSPS) is 15.0. The van der Waals surface area contributed by atoms with Gasteiger partial charge < -0.3 is 19.6 Å². The summed E-state index contributed by atoms with van der Waals surface area (Å²) in [7, 11) is 1.45. The van der Waals surface area contributed by atoms with Crippen LogP contribution in [0.3, 0.4) is 0 Å². The van der Waals surface area contributed by atoms with Crippen LogP contribution in [-0.2, 0) is 13.0 Å². The number of carbonyl (C=O) groups excluding carboxylic acids is 1. The Hall–Kier alpha value is -3.20. The quantitative estimate of drug-likeness (QED) is 0.662. The Morgan fingerprint density at radius 1 is 1.27 bits per heavy atom. The lowest BCUT2D eigenvalue weighted by Crippen LogP contribution is -2.46. The topological polar surface area (TPSA) is 85.7 Å². The van der Waals surface area contributed by atoms with E-state index in [0.29, 0.717) is 12.1 Å². The van der Waals surface area contributed by atoms with Crippen molar-refractivity contribution in [2.45, 2.75) is 19.9 Å². The lowest BCUT2D eigenvalue weighted by molar-refractivity contribution is 0.0953. The van der Waals surface area contributed by atoms with Crippen LogP contribution in [0.1, 0.15) is 28.5 Å². The van der Waals surface area contributed by atoms with Gasteiger partial charge in [0.05, 0.1) is 11.9 Å². The van der Waals surface area contributed by atoms with E-state index in [2.05, 4.69) is 25.1 Å². The predicted molar refractivity (Wildman–Crippen MR) is 112 cm³/mol. The molecule has 0 unspecified atom stereocenters. The van der Waals surface area contributed by atoms with Crippen molar-refractivity contribution in [3.05, 3.63) is 63.7 Å². The van der Waals surface area contributed by atoms with Gasteiger partial charge in [0.15, 0.2) is 11.5 Å². The smallest absolute Gasteiger partial charge is 0.272 e. The number of fused-ring (bicyclic) bond motifs is 1. The third-order valence-corrected chi connectivity index (χ3v) is 5.60. The Morgan fingerprint density at radius 2 is 2.03 bits per heavy atom. The summed E-state index contributed by atoms with van der Waals surface area (Å²) in [6, 6.07) is 3.40. The fraction of sp³-hybridized carbons (Fsp3) is 0.381. The molecule has 0 bridgehead atoms. The largest absolute Gasteiger partial charge is 0.368 e. The van der Waals surface area contributed by atoms with Crippen molar-refractivity contribution in [1.82, 2.24) is 24.6 Å². The van der Waals surface area contributed by atoms with Crippen molar-refractivity contribution >= 4 is 17.2 Å². The van der Waals surface area contributed by atoms with Gasteiger partial charge in [0.2, 0.25) is 0 Å². The maximum atomic E-state index is 14.2. The molecule has 4 rings (SSSR count). The molecule has 0 radical (unpaired) electrons. The Bertz CT molecular complexity index is 1130. The molecule has 1 saturated heterocycles. The van der Waals surface area contributed by atoms with Gasteiger partial charge in [-0.05, 0) is 12.5 Å². The van der Waals surface area contributed by atoms with Crippen molar-refractivity contribution in [2.24, 2.45) is 0 Å². The van der Waals surface area contributed by atoms with Crippen molar-refractivity contribution in [1.29, 1.82) is 0 Å². The summed E-state index contributed by atoms with van der Waals surface area (Å²) in [5, 5.41) is 2.38. The molecule has 8 nitrogen and oxygen atoms in total. The summed E-state index contributed by atoms with van der Waals surface area (Å²) in [5.41, 5.74) is 3.11. The number of halogens is 1. The summed E-state index contributed by atoms with van der Waals surface area (Å²) in [4.78, 5) is 35.1. The van der Waals surface area contributed by atoms with E-state index in [1.807, 2.05) is 29.8 Å². The highest BCUT2D eigenvalue weighted by molar-refractivity contribution is 5.92. The van der Waals surface area contributed by atoms with Gasteiger partial charge in [-0.15, -0.1) is 0 Å². The molecule has 158 valence electrons. The molecule has 0 atom stereocenters. The molecule has 2 N–H and O–H groups in total. The average molecular weight is 412 g/mol. The number of hydrogen-bond acceptors (Lipinski definition) is 5. The molecule has 0 aliphatic carbocycles. The van der Waals surface area contributed by atoms with Gasteiger partial charge in [-0.2, -0.15) is 0 Å². The SMILES string of the molecule is CCc1cn2ccc(CN3CCN(c4cnc(C(=O)NC)c(F)c4)CC3)c2[nH]c1=O. The van der Waals surface area contributed by atoms with E-state index in [9.17, 15) is 14.0 Å². The van der Waals surface area contributed by atoms with Gasteiger partial charge >= 0.3 is 0 Å². The number of piperazine rings is 1. The second-order valence-electron chi connectivity index (χ2n) is 7.43. The standard InChI is InChI=1S/C21H25FN6O2/c1-3-14-13-28-5-4-15(19(28)25-20(14)29)12-26-6-8-27(9-7-26)16-10-17(22)18(24-11-16)21(30)23-2/h4-5,10-11,13H,3,6-9,12H2,1-2H3,(H,23,30)(H,25,29). The zero-order chi connectivity index (χ0) is 21.3. The van der Waals surface area contributed by atoms with Gasteiger partial charge in [-0.25, -0.2) is 9.37 Å². The first kappa shape index (κ1) is 20.1. The molecule has 3 aromatic rings. The van der Waals surface area contributed by atoms with Crippen LogP contribution in [0.15, 0.2) is 35.5 Å². The van der Waals surface area contributed by atoms with Crippen LogP contribution in [0.25, 0.3) is 5.65 Å². The zero-order valence-electron chi connectivity index (χ0n) is 17.1. The van der Waals surface area contributed by atoms with Crippen LogP contribution >= 0.6 is 0 Å². The second kappa shape index (κ2) is 8.27. The number of amides is 1. The van der Waals surface area contributed by atoms with Gasteiger partial charge in [0, 0.05) is 69.4 Å². The minimum absolute atomic E-state index is 0.0375. The van der Waals surface area contributed by atoms with Crippen LogP contribution < -0.4 is 15.8 Å². The Kier molecular flexibility index (Phi) is 5.54. The number of pyridine rings is 1. The molecule has 4 heterocycles. The lowest BCUT2D eigenvalue weighted by Gasteiger charge is -2.35. The highest BCUT2D eigenvalue weighted by Crippen LogP contribution is 2.20. The van der Waals surface area contributed by atoms with Crippen LogP contribution in [0, 0.1) is 5.82 Å². The third-order valence-electron chi connectivity index (χ3n) is 5.60. The first-order chi connectivity index (χ1) is 14.5. The number of carbonyl (C=O) groups is 1. The molecule has 1 amide bonds. The molecule has 0 saturated carbocycles. The number of aromatic nitrogens is 3. The van der Waals surface area contributed by atoms with Gasteiger partial charge in [-0.1, -0.05) is 6.92 Å². The van der Waals surface area contributed by atoms with E-state index in [1.165, 1.54) is 13.1 Å². The van der Waals surface area contributed by atoms with Crippen LogP contribution in [0.5, 0.6) is 0 Å². The van der Waals surface area contributed by atoms with E-state index in [-0.39, 0.29) is 11.3 Å². The van der Waals surface area contributed by atoms with Crippen LogP contribution in [0.2, 0.25) is 0 Å². The molecule has 0 aromatic carbocycles. The van der Waals surface area contributed by atoms with Gasteiger partial charge in [0.25, 0.3) is 11.5 Å². The van der Waals surface area contributed by atoms with E-state index in [0.717, 1.165) is 49.5 Å². The van der Waals surface area contributed by atoms with Crippen LogP contribution in [0.4, 0.5) is 10.1 Å². The summed E-state index contributed by atoms with van der Waals surface area (Å²) in [6.07, 6.45) is 6.10. The highest BCUT2D eigenvalue weighted by atomic mass is 19.1. The number of rotatable bonds is 5. The molecule has 1 aliphatic rings. The van der Waals surface area contributed by atoms with Crippen molar-refractivity contribution in [3.63, 3.8) is 0 Å². The number of anilines is 1. The Morgan fingerprint density at radius 3 is 2.70 bits per heavy atom. The minimum atomic E-state index is -0.620. The number of hydrogen-bond donors (Lipinski definition) is 2. The molecule has 1 fully saturated rings. The number of aryl methyl sites for hydroxylation is 1. The lowest BCUT2D eigenvalue weighted by atomic mass is 10.2. The molecular formula is C21H25FN6O2. The molecule has 30 heavy (non-hydrogen) atoms. The predicted octanol–water partition coefficient (Wildman–Crippen LogP) is 1.41. The first-order valence-corrected chi connectivity index (χ1v) is 10.1. The fourth-order valence-electron chi connectivity index (χ4n) is 3.83. The molecule has 3 aromatic heterocycles. The Labute approximate surface area is 173 Å². The van der Waals surface area contributed by atoms with Gasteiger partial charge in [-0.3, -0.25) is 14.5 Å². The monoisotopic (exact) mass is 412 g/mol. The van der Waals surface area contributed by atoms with Crippen molar-refractivity contribution < 1.29 is 9.18 Å². The first-order valence-electron chi connectivity index (χ1n) is 10.1. The van der Waals surface area contributed by atoms with E-state index < -0.39 is 11.7 Å². The number of H-pyrrole nitrogens is 1. The van der Waals surface area contributed by atoms with E-state index >= 15 is 0 Å². The minimum Gasteiger partial charge on any atom is -0.368 e. The van der Waals surface area contributed by atoms with E-state index in [1.54, 1.807) is 6.20 Å². The molecular weight excluding hydrogens is 387 g/mol. The van der Waals surface area contributed by atoms with Crippen molar-refractivity contribution in [2.75, 3.05) is 38.1 Å². The third kappa shape index (κ3) is 3.80. The summed E-state index contributed by atoms with van der Waals surface area (Å²) >= 11 is 0. The Balaban J connectivity index is 1.42. The number of nitrogens with zero attached hydrogens (tertiary/aromatic N) is 4. The zero-order valence-corrected chi connectivity index (χ0v) is 17.1. The fourth-order valence-corrected chi connectivity index (χ4v) is 3.83. The number of aromatic amines is 1. The van der Waals surface area contributed by atoms with E-state index in [4.69, 9.17) is 0 Å². The van der Waals surface area contributed by atoms with Gasteiger partial charge in [0.1, 0.15) is 5.65 Å². The maximum Gasteiger partial charge on any atom is 0.272 e. The summed E-state index contributed by atoms with van der Waals surface area (Å²) in [5.74, 6) is -1.15. The second-order valence-corrected chi connectivity index (χ2v) is 7.43. The average Bonchev–Trinajstić information content (AvgIpc) is 3.14. The van der Waals surface area contributed by atoms with Crippen LogP contribution in [-0.4, -0.2) is 58.4 Å². The molecule has 9 heteroatoms. The summed E-state index contributed by atoms with van der Waals surface area (Å²) < 4.78 is 16.2. The highest BCUT2D eigenvalue weighted by Gasteiger charge is 2.21. The van der Waals surface area contributed by atoms with Crippen molar-refractivity contribution in [3.8, 4) is 0 Å². The maximum absolute atomic E-state index is 14.2. The molecule has 1 aliphatic heterocycles. The summed E-state index contributed by atoms with van der Waals surface area (Å²) in [6.45, 7) is 5.74. The number of nitrogens with one attached hydrogen (secondary N) is 2.